The predicted molar refractivity (Wildman–Crippen MR) is 84.5 cm³/mol. The van der Waals surface area contributed by atoms with Crippen molar-refractivity contribution in [2.24, 2.45) is 5.92 Å². The van der Waals surface area contributed by atoms with Crippen LogP contribution in [0.5, 0.6) is 0 Å². The molecule has 2 rings (SSSR count). The van der Waals surface area contributed by atoms with Crippen molar-refractivity contribution in [3.05, 3.63) is 21.9 Å². The molecule has 1 unspecified atom stereocenters. The first kappa shape index (κ1) is 16.2. The molecule has 0 aliphatic carbocycles. The molecular weight excluding hydrogens is 336 g/mol. The van der Waals surface area contributed by atoms with Gasteiger partial charge in [0, 0.05) is 29.7 Å². The number of aromatic nitrogens is 1. The molecule has 1 atom stereocenters. The Morgan fingerprint density at radius 2 is 2.24 bits per heavy atom. The van der Waals surface area contributed by atoms with E-state index in [4.69, 9.17) is 4.74 Å². The molecule has 0 radical (unpaired) electrons. The van der Waals surface area contributed by atoms with Gasteiger partial charge in [0.15, 0.2) is 0 Å². The third-order valence-electron chi connectivity index (χ3n) is 3.39. The van der Waals surface area contributed by atoms with Crippen molar-refractivity contribution in [3.63, 3.8) is 0 Å². The molecule has 0 saturated carbocycles. The highest BCUT2D eigenvalue weighted by Crippen LogP contribution is 2.35. The smallest absolute Gasteiger partial charge is 0.414 e. The van der Waals surface area contributed by atoms with Crippen molar-refractivity contribution < 1.29 is 14.6 Å². The third-order valence-corrected chi connectivity index (χ3v) is 4.18. The fourth-order valence-corrected chi connectivity index (χ4v) is 2.71. The molecule has 21 heavy (non-hydrogen) atoms. The molecule has 0 fully saturated rings. The second-order valence-electron chi connectivity index (χ2n) is 6.37. The molecule has 1 amide bonds. The minimum atomic E-state index is -0.559. The number of fused-ring (bicyclic) bond motifs is 1. The molecule has 2 heterocycles. The quantitative estimate of drug-likeness (QED) is 0.839. The Morgan fingerprint density at radius 3 is 2.81 bits per heavy atom. The first-order chi connectivity index (χ1) is 9.73. The van der Waals surface area contributed by atoms with E-state index in [0.717, 1.165) is 21.4 Å². The average molecular weight is 357 g/mol. The van der Waals surface area contributed by atoms with E-state index in [9.17, 15) is 9.90 Å². The normalized spacial score (nSPS) is 18.4. The zero-order chi connectivity index (χ0) is 15.8. The maximum atomic E-state index is 12.5. The van der Waals surface area contributed by atoms with Crippen LogP contribution in [0.1, 0.15) is 32.0 Å². The number of hydrogen-bond donors (Lipinski definition) is 1. The number of nitrogens with zero attached hydrogens (tertiary/aromatic N) is 2. The summed E-state index contributed by atoms with van der Waals surface area (Å²) >= 11 is 3.45. The number of aliphatic hydroxyl groups excluding tert-OH is 1. The number of amides is 1. The van der Waals surface area contributed by atoms with E-state index in [-0.39, 0.29) is 12.5 Å². The highest BCUT2D eigenvalue weighted by Gasteiger charge is 2.33. The third kappa shape index (κ3) is 3.55. The van der Waals surface area contributed by atoms with Crippen LogP contribution in [-0.4, -0.2) is 34.9 Å². The van der Waals surface area contributed by atoms with Crippen LogP contribution in [-0.2, 0) is 11.2 Å². The van der Waals surface area contributed by atoms with Gasteiger partial charge in [-0.15, -0.1) is 0 Å². The highest BCUT2D eigenvalue weighted by molar-refractivity contribution is 9.10. The Hall–Kier alpha value is -1.14. The molecule has 1 aliphatic heterocycles. The number of ether oxygens (including phenoxy) is 1. The minimum absolute atomic E-state index is 0.0157. The summed E-state index contributed by atoms with van der Waals surface area (Å²) in [6, 6.07) is 0. The van der Waals surface area contributed by atoms with E-state index in [1.54, 1.807) is 11.1 Å². The van der Waals surface area contributed by atoms with E-state index in [0.29, 0.717) is 13.0 Å². The molecule has 116 valence electrons. The van der Waals surface area contributed by atoms with Crippen molar-refractivity contribution >= 4 is 27.7 Å². The summed E-state index contributed by atoms with van der Waals surface area (Å²) in [5.74, 6) is -0.0157. The summed E-state index contributed by atoms with van der Waals surface area (Å²) < 4.78 is 6.34. The van der Waals surface area contributed by atoms with Gasteiger partial charge in [0.2, 0.25) is 0 Å². The van der Waals surface area contributed by atoms with Gasteiger partial charge in [0.05, 0.1) is 11.4 Å². The Balaban J connectivity index is 2.42. The van der Waals surface area contributed by atoms with Crippen molar-refractivity contribution in [2.75, 3.05) is 18.1 Å². The summed E-state index contributed by atoms with van der Waals surface area (Å²) in [6.07, 6.45) is 2.00. The van der Waals surface area contributed by atoms with Crippen LogP contribution < -0.4 is 4.90 Å². The standard InChI is InChI=1S/C15H21BrN2O3/c1-9-11(16)6-17-12-5-10(8-19)7-18(13(9)12)14(20)21-15(2,3)4/h6,10,19H,5,7-8H2,1-4H3. The molecule has 0 aromatic carbocycles. The SMILES string of the molecule is Cc1c(Br)cnc2c1N(C(=O)OC(C)(C)C)CC(CO)C2. The lowest BCUT2D eigenvalue weighted by molar-refractivity contribution is 0.0565. The molecule has 1 N–H and O–H groups in total. The second kappa shape index (κ2) is 5.93. The molecule has 0 bridgehead atoms. The molecule has 0 saturated heterocycles. The average Bonchev–Trinajstić information content (AvgIpc) is 2.39. The lowest BCUT2D eigenvalue weighted by Crippen LogP contribution is -2.44. The van der Waals surface area contributed by atoms with Gasteiger partial charge in [0.25, 0.3) is 0 Å². The van der Waals surface area contributed by atoms with Crippen molar-refractivity contribution in [2.45, 2.75) is 39.7 Å². The minimum Gasteiger partial charge on any atom is -0.443 e. The van der Waals surface area contributed by atoms with Gasteiger partial charge in [-0.05, 0) is 55.6 Å². The van der Waals surface area contributed by atoms with Crippen LogP contribution in [0.3, 0.4) is 0 Å². The van der Waals surface area contributed by atoms with Gasteiger partial charge in [-0.1, -0.05) is 0 Å². The number of carbonyl (C=O) groups is 1. The summed E-state index contributed by atoms with van der Waals surface area (Å²) in [7, 11) is 0. The van der Waals surface area contributed by atoms with E-state index in [1.807, 2.05) is 27.7 Å². The number of rotatable bonds is 1. The monoisotopic (exact) mass is 356 g/mol. The Kier molecular flexibility index (Phi) is 4.58. The van der Waals surface area contributed by atoms with Crippen LogP contribution in [0.2, 0.25) is 0 Å². The molecule has 1 aromatic rings. The number of anilines is 1. The summed E-state index contributed by atoms with van der Waals surface area (Å²) in [6.45, 7) is 7.93. The fraction of sp³-hybridized carbons (Fsp3) is 0.600. The van der Waals surface area contributed by atoms with E-state index >= 15 is 0 Å². The van der Waals surface area contributed by atoms with Crippen LogP contribution in [0.25, 0.3) is 0 Å². The zero-order valence-corrected chi connectivity index (χ0v) is 14.4. The Labute approximate surface area is 133 Å². The first-order valence-electron chi connectivity index (χ1n) is 6.98. The summed E-state index contributed by atoms with van der Waals surface area (Å²) in [5.41, 5.74) is 2.02. The molecule has 1 aliphatic rings. The van der Waals surface area contributed by atoms with Crippen LogP contribution in [0, 0.1) is 12.8 Å². The lowest BCUT2D eigenvalue weighted by Gasteiger charge is -2.35. The van der Waals surface area contributed by atoms with Crippen molar-refractivity contribution in [1.29, 1.82) is 0 Å². The van der Waals surface area contributed by atoms with Gasteiger partial charge in [-0.3, -0.25) is 9.88 Å². The van der Waals surface area contributed by atoms with Crippen LogP contribution in [0.15, 0.2) is 10.7 Å². The lowest BCUT2D eigenvalue weighted by atomic mass is 9.95. The van der Waals surface area contributed by atoms with E-state index < -0.39 is 11.7 Å². The van der Waals surface area contributed by atoms with Crippen LogP contribution in [0.4, 0.5) is 10.5 Å². The molecular formula is C15H21BrN2O3. The molecule has 0 spiro atoms. The fourth-order valence-electron chi connectivity index (χ4n) is 2.42. The molecule has 5 nitrogen and oxygen atoms in total. The van der Waals surface area contributed by atoms with Crippen molar-refractivity contribution in [1.82, 2.24) is 4.98 Å². The number of halogens is 1. The zero-order valence-electron chi connectivity index (χ0n) is 12.8. The number of pyridine rings is 1. The number of hydrogen-bond acceptors (Lipinski definition) is 4. The van der Waals surface area contributed by atoms with Crippen LogP contribution >= 0.6 is 15.9 Å². The molecule has 1 aromatic heterocycles. The maximum absolute atomic E-state index is 12.5. The van der Waals surface area contributed by atoms with Gasteiger partial charge in [-0.25, -0.2) is 4.79 Å². The maximum Gasteiger partial charge on any atom is 0.414 e. The van der Waals surface area contributed by atoms with Gasteiger partial charge < -0.3 is 9.84 Å². The summed E-state index contributed by atoms with van der Waals surface area (Å²) in [4.78, 5) is 18.5. The summed E-state index contributed by atoms with van der Waals surface area (Å²) in [5, 5.41) is 9.46. The Bertz CT molecular complexity index is 555. The molecule has 6 heteroatoms. The number of aliphatic hydroxyl groups is 1. The largest absolute Gasteiger partial charge is 0.443 e. The second-order valence-corrected chi connectivity index (χ2v) is 7.22. The van der Waals surface area contributed by atoms with E-state index in [2.05, 4.69) is 20.9 Å². The van der Waals surface area contributed by atoms with Gasteiger partial charge in [-0.2, -0.15) is 0 Å². The Morgan fingerprint density at radius 1 is 1.57 bits per heavy atom. The van der Waals surface area contributed by atoms with E-state index in [1.165, 1.54) is 0 Å². The van der Waals surface area contributed by atoms with Crippen molar-refractivity contribution in [3.8, 4) is 0 Å². The predicted octanol–water partition coefficient (Wildman–Crippen LogP) is 3.06. The van der Waals surface area contributed by atoms with Gasteiger partial charge in [0.1, 0.15) is 5.60 Å². The number of carbonyl (C=O) groups excluding carboxylic acids is 1. The van der Waals surface area contributed by atoms with Gasteiger partial charge >= 0.3 is 6.09 Å². The highest BCUT2D eigenvalue weighted by atomic mass is 79.9. The topological polar surface area (TPSA) is 62.7 Å². The first-order valence-corrected chi connectivity index (χ1v) is 7.77.